The summed E-state index contributed by atoms with van der Waals surface area (Å²) in [6.45, 7) is 3.02. The van der Waals surface area contributed by atoms with E-state index in [1.807, 2.05) is 13.0 Å². The first-order valence-electron chi connectivity index (χ1n) is 6.45. The third-order valence-electron chi connectivity index (χ3n) is 3.55. The van der Waals surface area contributed by atoms with Gasteiger partial charge in [-0.05, 0) is 37.5 Å². The molecule has 2 nitrogen and oxygen atoms in total. The van der Waals surface area contributed by atoms with E-state index in [-0.39, 0.29) is 5.38 Å². The van der Waals surface area contributed by atoms with Gasteiger partial charge in [0.2, 0.25) is 0 Å². The maximum atomic E-state index is 6.26. The molecule has 0 amide bonds. The Bertz CT molecular complexity index is 572. The number of hydrogen-bond donors (Lipinski definition) is 0. The highest BCUT2D eigenvalue weighted by Crippen LogP contribution is 2.34. The molecule has 0 saturated heterocycles. The molecular formula is C14H16BrClN2. The summed E-state index contributed by atoms with van der Waals surface area (Å²) in [4.78, 5) is 4.66. The van der Waals surface area contributed by atoms with Gasteiger partial charge in [0.05, 0.1) is 16.4 Å². The second-order valence-corrected chi connectivity index (χ2v) is 6.67. The number of hydrogen-bond acceptors (Lipinski definition) is 1. The van der Waals surface area contributed by atoms with Crippen LogP contribution in [0.1, 0.15) is 37.4 Å². The molecule has 1 fully saturated rings. The van der Waals surface area contributed by atoms with Crippen molar-refractivity contribution in [2.75, 3.05) is 0 Å². The molecule has 96 valence electrons. The van der Waals surface area contributed by atoms with Gasteiger partial charge in [0.15, 0.2) is 0 Å². The normalized spacial score (nSPS) is 17.3. The summed E-state index contributed by atoms with van der Waals surface area (Å²) >= 11 is 9.79. The lowest BCUT2D eigenvalue weighted by atomic mass is 10.2. The standard InChI is InChI=1S/C14H16BrClN2/c1-9(16)14-17-12-5-4-11(15)8-13(12)18(14)7-6-10-2-3-10/h4-5,8-10H,2-3,6-7H2,1H3. The Labute approximate surface area is 120 Å². The van der Waals surface area contributed by atoms with Crippen LogP contribution in [0.25, 0.3) is 11.0 Å². The molecule has 1 saturated carbocycles. The maximum Gasteiger partial charge on any atom is 0.127 e. The number of fused-ring (bicyclic) bond motifs is 1. The molecule has 0 N–H and O–H groups in total. The van der Waals surface area contributed by atoms with Crippen LogP contribution in [0.4, 0.5) is 0 Å². The molecule has 1 atom stereocenters. The van der Waals surface area contributed by atoms with Crippen molar-refractivity contribution in [1.29, 1.82) is 0 Å². The van der Waals surface area contributed by atoms with Gasteiger partial charge < -0.3 is 4.57 Å². The monoisotopic (exact) mass is 326 g/mol. The predicted molar refractivity (Wildman–Crippen MR) is 79.0 cm³/mol. The molecule has 1 heterocycles. The van der Waals surface area contributed by atoms with Crippen LogP contribution < -0.4 is 0 Å². The largest absolute Gasteiger partial charge is 0.327 e. The van der Waals surface area contributed by atoms with E-state index >= 15 is 0 Å². The van der Waals surface area contributed by atoms with E-state index in [9.17, 15) is 0 Å². The zero-order valence-electron chi connectivity index (χ0n) is 10.4. The van der Waals surface area contributed by atoms with E-state index in [0.29, 0.717) is 0 Å². The molecule has 1 aromatic heterocycles. The lowest BCUT2D eigenvalue weighted by Gasteiger charge is -2.10. The Morgan fingerprint density at radius 1 is 1.50 bits per heavy atom. The van der Waals surface area contributed by atoms with Gasteiger partial charge in [-0.2, -0.15) is 0 Å². The van der Waals surface area contributed by atoms with Crippen molar-refractivity contribution in [2.45, 2.75) is 38.1 Å². The minimum Gasteiger partial charge on any atom is -0.327 e. The van der Waals surface area contributed by atoms with Crippen LogP contribution >= 0.6 is 27.5 Å². The van der Waals surface area contributed by atoms with Crippen LogP contribution in [0.5, 0.6) is 0 Å². The lowest BCUT2D eigenvalue weighted by molar-refractivity contribution is 0.585. The molecule has 3 rings (SSSR count). The molecule has 0 spiro atoms. The quantitative estimate of drug-likeness (QED) is 0.730. The fourth-order valence-corrected chi connectivity index (χ4v) is 2.89. The molecular weight excluding hydrogens is 312 g/mol. The molecule has 1 unspecified atom stereocenters. The number of aromatic nitrogens is 2. The lowest BCUT2D eigenvalue weighted by Crippen LogP contribution is -2.05. The smallest absolute Gasteiger partial charge is 0.127 e. The van der Waals surface area contributed by atoms with Gasteiger partial charge in [-0.3, -0.25) is 0 Å². The van der Waals surface area contributed by atoms with E-state index in [0.717, 1.165) is 28.3 Å². The van der Waals surface area contributed by atoms with Crippen molar-refractivity contribution in [3.8, 4) is 0 Å². The molecule has 2 aromatic rings. The van der Waals surface area contributed by atoms with Gasteiger partial charge in [0.1, 0.15) is 5.82 Å². The van der Waals surface area contributed by atoms with Gasteiger partial charge in [0, 0.05) is 11.0 Å². The van der Waals surface area contributed by atoms with Gasteiger partial charge >= 0.3 is 0 Å². The van der Waals surface area contributed by atoms with Crippen molar-refractivity contribution in [3.05, 3.63) is 28.5 Å². The highest BCUT2D eigenvalue weighted by atomic mass is 79.9. The molecule has 0 bridgehead atoms. The second-order valence-electron chi connectivity index (χ2n) is 5.10. The summed E-state index contributed by atoms with van der Waals surface area (Å²) in [6, 6.07) is 6.22. The second kappa shape index (κ2) is 4.86. The van der Waals surface area contributed by atoms with Crippen molar-refractivity contribution in [1.82, 2.24) is 9.55 Å². The average molecular weight is 328 g/mol. The Morgan fingerprint density at radius 3 is 2.94 bits per heavy atom. The van der Waals surface area contributed by atoms with Crippen molar-refractivity contribution < 1.29 is 0 Å². The molecule has 0 aliphatic heterocycles. The number of halogens is 2. The molecule has 0 radical (unpaired) electrons. The van der Waals surface area contributed by atoms with Crippen LogP contribution in [0.15, 0.2) is 22.7 Å². The zero-order chi connectivity index (χ0) is 12.7. The number of rotatable bonds is 4. The van der Waals surface area contributed by atoms with E-state index in [2.05, 4.69) is 37.6 Å². The number of imidazole rings is 1. The van der Waals surface area contributed by atoms with Crippen LogP contribution in [0, 0.1) is 5.92 Å². The highest BCUT2D eigenvalue weighted by molar-refractivity contribution is 9.10. The first-order chi connectivity index (χ1) is 8.65. The van der Waals surface area contributed by atoms with Gasteiger partial charge in [-0.1, -0.05) is 28.8 Å². The fourth-order valence-electron chi connectivity index (χ4n) is 2.37. The van der Waals surface area contributed by atoms with E-state index in [1.165, 1.54) is 24.8 Å². The minimum atomic E-state index is -0.0459. The van der Waals surface area contributed by atoms with Crippen molar-refractivity contribution in [3.63, 3.8) is 0 Å². The Balaban J connectivity index is 2.03. The topological polar surface area (TPSA) is 17.8 Å². The third kappa shape index (κ3) is 2.43. The summed E-state index contributed by atoms with van der Waals surface area (Å²) in [6.07, 6.45) is 4.03. The molecule has 1 aromatic carbocycles. The predicted octanol–water partition coefficient (Wildman–Crippen LogP) is 4.90. The minimum absolute atomic E-state index is 0.0459. The molecule has 18 heavy (non-hydrogen) atoms. The average Bonchev–Trinajstić information content (AvgIpc) is 3.08. The van der Waals surface area contributed by atoms with Gasteiger partial charge in [-0.25, -0.2) is 4.98 Å². The number of aryl methyl sites for hydroxylation is 1. The SMILES string of the molecule is CC(Cl)c1nc2ccc(Br)cc2n1CCC1CC1. The van der Waals surface area contributed by atoms with Crippen molar-refractivity contribution >= 4 is 38.6 Å². The Hall–Kier alpha value is -0.540. The van der Waals surface area contributed by atoms with E-state index < -0.39 is 0 Å². The van der Waals surface area contributed by atoms with E-state index in [1.54, 1.807) is 0 Å². The zero-order valence-corrected chi connectivity index (χ0v) is 12.7. The number of nitrogens with zero attached hydrogens (tertiary/aromatic N) is 2. The molecule has 1 aliphatic carbocycles. The summed E-state index contributed by atoms with van der Waals surface area (Å²) in [5.41, 5.74) is 2.23. The third-order valence-corrected chi connectivity index (χ3v) is 4.24. The first kappa shape index (κ1) is 12.5. The molecule has 4 heteroatoms. The number of alkyl halides is 1. The fraction of sp³-hybridized carbons (Fsp3) is 0.500. The van der Waals surface area contributed by atoms with Gasteiger partial charge in [-0.15, -0.1) is 11.6 Å². The maximum absolute atomic E-state index is 6.26. The summed E-state index contributed by atoms with van der Waals surface area (Å²) in [5.74, 6) is 1.92. The Morgan fingerprint density at radius 2 is 2.28 bits per heavy atom. The molecule has 1 aliphatic rings. The summed E-state index contributed by atoms with van der Waals surface area (Å²) in [7, 11) is 0. The summed E-state index contributed by atoms with van der Waals surface area (Å²) in [5, 5.41) is -0.0459. The van der Waals surface area contributed by atoms with Crippen LogP contribution in [-0.4, -0.2) is 9.55 Å². The van der Waals surface area contributed by atoms with Crippen LogP contribution in [0.2, 0.25) is 0 Å². The number of benzene rings is 1. The van der Waals surface area contributed by atoms with Crippen molar-refractivity contribution in [2.24, 2.45) is 5.92 Å². The van der Waals surface area contributed by atoms with E-state index in [4.69, 9.17) is 11.6 Å². The first-order valence-corrected chi connectivity index (χ1v) is 7.68. The van der Waals surface area contributed by atoms with Crippen LogP contribution in [0.3, 0.4) is 0 Å². The van der Waals surface area contributed by atoms with Gasteiger partial charge in [0.25, 0.3) is 0 Å². The highest BCUT2D eigenvalue weighted by Gasteiger charge is 2.22. The van der Waals surface area contributed by atoms with Crippen LogP contribution in [-0.2, 0) is 6.54 Å². The summed E-state index contributed by atoms with van der Waals surface area (Å²) < 4.78 is 3.38. The Kier molecular flexibility index (Phi) is 3.37.